The van der Waals surface area contributed by atoms with Gasteiger partial charge in [0.1, 0.15) is 0 Å². The van der Waals surface area contributed by atoms with Crippen molar-refractivity contribution in [3.05, 3.63) is 65.2 Å². The predicted octanol–water partition coefficient (Wildman–Crippen LogP) is 2.49. The quantitative estimate of drug-likeness (QED) is 0.891. The van der Waals surface area contributed by atoms with Gasteiger partial charge < -0.3 is 5.73 Å². The lowest BCUT2D eigenvalue weighted by Crippen LogP contribution is -2.27. The van der Waals surface area contributed by atoms with Crippen LogP contribution >= 0.6 is 0 Å². The summed E-state index contributed by atoms with van der Waals surface area (Å²) in [6, 6.07) is 14.4. The monoisotopic (exact) mass is 304 g/mol. The van der Waals surface area contributed by atoms with Gasteiger partial charge in [0.05, 0.1) is 4.90 Å². The molecule has 0 aliphatic heterocycles. The molecular formula is C16H20N2O2S. The second kappa shape index (κ2) is 6.39. The van der Waals surface area contributed by atoms with Crippen LogP contribution in [0.1, 0.15) is 29.7 Å². The van der Waals surface area contributed by atoms with Gasteiger partial charge in [-0.2, -0.15) is 0 Å². The third-order valence-corrected chi connectivity index (χ3v) is 5.09. The first-order valence-electron chi connectivity index (χ1n) is 6.81. The molecule has 0 fully saturated rings. The van der Waals surface area contributed by atoms with E-state index in [1.807, 2.05) is 43.3 Å². The van der Waals surface area contributed by atoms with E-state index in [-0.39, 0.29) is 10.9 Å². The van der Waals surface area contributed by atoms with Crippen LogP contribution in [0.4, 0.5) is 0 Å². The van der Waals surface area contributed by atoms with Crippen LogP contribution in [0.3, 0.4) is 0 Å². The Bertz CT molecular complexity index is 712. The van der Waals surface area contributed by atoms with Gasteiger partial charge in [-0.15, -0.1) is 0 Å². The van der Waals surface area contributed by atoms with Crippen molar-refractivity contribution in [3.8, 4) is 0 Å². The standard InChI is InChI=1S/C16H20N2O2S/c1-12-8-9-14(11-17)10-16(12)21(19,20)18-13(2)15-6-4-3-5-7-15/h3-10,13,18H,11,17H2,1-2H3. The Kier molecular flexibility index (Phi) is 4.77. The van der Waals surface area contributed by atoms with Gasteiger partial charge in [0, 0.05) is 12.6 Å². The Labute approximate surface area is 126 Å². The summed E-state index contributed by atoms with van der Waals surface area (Å²) in [6.07, 6.45) is 0. The van der Waals surface area contributed by atoms with Crippen molar-refractivity contribution in [3.63, 3.8) is 0 Å². The Morgan fingerprint density at radius 1 is 1.14 bits per heavy atom. The molecule has 2 aromatic carbocycles. The molecule has 0 saturated carbocycles. The van der Waals surface area contributed by atoms with Crippen LogP contribution in [0.15, 0.2) is 53.4 Å². The van der Waals surface area contributed by atoms with E-state index < -0.39 is 10.0 Å². The second-order valence-corrected chi connectivity index (χ2v) is 6.74. The molecule has 5 heteroatoms. The smallest absolute Gasteiger partial charge is 0.241 e. The summed E-state index contributed by atoms with van der Waals surface area (Å²) in [5.41, 5.74) is 8.02. The van der Waals surface area contributed by atoms with Crippen molar-refractivity contribution < 1.29 is 8.42 Å². The number of aryl methyl sites for hydroxylation is 1. The highest BCUT2D eigenvalue weighted by Gasteiger charge is 2.20. The minimum Gasteiger partial charge on any atom is -0.326 e. The van der Waals surface area contributed by atoms with Gasteiger partial charge >= 0.3 is 0 Å². The molecule has 21 heavy (non-hydrogen) atoms. The van der Waals surface area contributed by atoms with E-state index in [0.717, 1.165) is 11.1 Å². The van der Waals surface area contributed by atoms with Crippen LogP contribution in [0.25, 0.3) is 0 Å². The summed E-state index contributed by atoms with van der Waals surface area (Å²) in [7, 11) is -3.58. The lowest BCUT2D eigenvalue weighted by atomic mass is 10.1. The van der Waals surface area contributed by atoms with Crippen molar-refractivity contribution in [2.75, 3.05) is 0 Å². The molecule has 3 N–H and O–H groups in total. The van der Waals surface area contributed by atoms with Crippen molar-refractivity contribution in [1.29, 1.82) is 0 Å². The topological polar surface area (TPSA) is 72.2 Å². The van der Waals surface area contributed by atoms with Crippen LogP contribution in [0.2, 0.25) is 0 Å². The third-order valence-electron chi connectivity index (χ3n) is 3.41. The Balaban J connectivity index is 2.30. The number of sulfonamides is 1. The molecule has 0 spiro atoms. The zero-order chi connectivity index (χ0) is 15.5. The van der Waals surface area contributed by atoms with Crippen molar-refractivity contribution in [1.82, 2.24) is 4.72 Å². The molecule has 0 saturated heterocycles. The fourth-order valence-corrected chi connectivity index (χ4v) is 3.69. The average Bonchev–Trinajstić information content (AvgIpc) is 2.48. The molecule has 2 aromatic rings. The van der Waals surface area contributed by atoms with Crippen LogP contribution < -0.4 is 10.5 Å². The molecular weight excluding hydrogens is 284 g/mol. The van der Waals surface area contributed by atoms with E-state index in [9.17, 15) is 8.42 Å². The van der Waals surface area contributed by atoms with Crippen molar-refractivity contribution in [2.24, 2.45) is 5.73 Å². The normalized spacial score (nSPS) is 13.1. The van der Waals surface area contributed by atoms with Gasteiger partial charge in [0.25, 0.3) is 0 Å². The number of nitrogens with two attached hydrogens (primary N) is 1. The second-order valence-electron chi connectivity index (χ2n) is 5.06. The zero-order valence-electron chi connectivity index (χ0n) is 12.2. The molecule has 0 aliphatic rings. The number of rotatable bonds is 5. The van der Waals surface area contributed by atoms with Gasteiger partial charge in [-0.1, -0.05) is 42.5 Å². The minimum absolute atomic E-state index is 0.285. The first kappa shape index (κ1) is 15.7. The SMILES string of the molecule is Cc1ccc(CN)cc1S(=O)(=O)NC(C)c1ccccc1. The Morgan fingerprint density at radius 3 is 2.43 bits per heavy atom. The van der Waals surface area contributed by atoms with Crippen LogP contribution in [0.5, 0.6) is 0 Å². The van der Waals surface area contributed by atoms with E-state index in [1.54, 1.807) is 19.1 Å². The summed E-state index contributed by atoms with van der Waals surface area (Å²) in [5.74, 6) is 0. The summed E-state index contributed by atoms with van der Waals surface area (Å²) in [6.45, 7) is 3.92. The van der Waals surface area contributed by atoms with Gasteiger partial charge in [-0.25, -0.2) is 13.1 Å². The molecule has 0 radical (unpaired) electrons. The number of hydrogen-bond donors (Lipinski definition) is 2. The lowest BCUT2D eigenvalue weighted by molar-refractivity contribution is 0.566. The predicted molar refractivity (Wildman–Crippen MR) is 84.2 cm³/mol. The molecule has 1 unspecified atom stereocenters. The average molecular weight is 304 g/mol. The van der Waals surface area contributed by atoms with Gasteiger partial charge in [0.2, 0.25) is 10.0 Å². The molecule has 4 nitrogen and oxygen atoms in total. The van der Waals surface area contributed by atoms with Crippen LogP contribution in [-0.4, -0.2) is 8.42 Å². The van der Waals surface area contributed by atoms with Crippen molar-refractivity contribution >= 4 is 10.0 Å². The van der Waals surface area contributed by atoms with E-state index in [4.69, 9.17) is 5.73 Å². The summed E-state index contributed by atoms with van der Waals surface area (Å²) >= 11 is 0. The van der Waals surface area contributed by atoms with E-state index in [2.05, 4.69) is 4.72 Å². The van der Waals surface area contributed by atoms with E-state index in [0.29, 0.717) is 12.1 Å². The highest BCUT2D eigenvalue weighted by molar-refractivity contribution is 7.89. The van der Waals surface area contributed by atoms with Gasteiger partial charge in [-0.05, 0) is 36.6 Å². The first-order valence-corrected chi connectivity index (χ1v) is 8.29. The Hall–Kier alpha value is -1.69. The zero-order valence-corrected chi connectivity index (χ0v) is 13.0. The number of benzene rings is 2. The van der Waals surface area contributed by atoms with Crippen molar-refractivity contribution in [2.45, 2.75) is 31.3 Å². The van der Waals surface area contributed by atoms with Crippen LogP contribution in [0, 0.1) is 6.92 Å². The first-order chi connectivity index (χ1) is 9.94. The molecule has 0 bridgehead atoms. The molecule has 0 aliphatic carbocycles. The molecule has 2 rings (SSSR count). The molecule has 0 heterocycles. The lowest BCUT2D eigenvalue weighted by Gasteiger charge is -2.16. The maximum absolute atomic E-state index is 12.6. The molecule has 1 atom stereocenters. The Morgan fingerprint density at radius 2 is 1.81 bits per heavy atom. The van der Waals surface area contributed by atoms with E-state index >= 15 is 0 Å². The summed E-state index contributed by atoms with van der Waals surface area (Å²) in [5, 5.41) is 0. The number of nitrogens with one attached hydrogen (secondary N) is 1. The van der Waals surface area contributed by atoms with E-state index in [1.165, 1.54) is 0 Å². The minimum atomic E-state index is -3.58. The third kappa shape index (κ3) is 3.69. The van der Waals surface area contributed by atoms with Gasteiger partial charge in [-0.3, -0.25) is 0 Å². The molecule has 0 amide bonds. The largest absolute Gasteiger partial charge is 0.326 e. The molecule has 112 valence electrons. The van der Waals surface area contributed by atoms with Crippen LogP contribution in [-0.2, 0) is 16.6 Å². The highest BCUT2D eigenvalue weighted by atomic mass is 32.2. The maximum Gasteiger partial charge on any atom is 0.241 e. The summed E-state index contributed by atoms with van der Waals surface area (Å²) < 4.78 is 27.8. The fourth-order valence-electron chi connectivity index (χ4n) is 2.17. The fraction of sp³-hybridized carbons (Fsp3) is 0.250. The summed E-state index contributed by atoms with van der Waals surface area (Å²) in [4.78, 5) is 0.285. The van der Waals surface area contributed by atoms with Gasteiger partial charge in [0.15, 0.2) is 0 Å². The molecule has 0 aromatic heterocycles. The highest BCUT2D eigenvalue weighted by Crippen LogP contribution is 2.20. The number of hydrogen-bond acceptors (Lipinski definition) is 3. The maximum atomic E-state index is 12.6.